The minimum absolute atomic E-state index is 0.242. The van der Waals surface area contributed by atoms with Crippen molar-refractivity contribution in [2.24, 2.45) is 5.92 Å². The van der Waals surface area contributed by atoms with Crippen LogP contribution in [0.5, 0.6) is 11.5 Å². The lowest BCUT2D eigenvalue weighted by molar-refractivity contribution is -0.0714. The standard InChI is InChI=1S/C32H36FN5O3/c1-22-13-25(9-10-27(22)33)36-32-26-14-31(30(39-2)15-28(26)34-20-35-32)41-12-6-11-37-17-24-19-40-21-38(29(24)18-37)16-23-7-4-3-5-8-23/h3-5,7-10,13-15,20,24,29H,6,11-12,16-19,21H2,1-2H3,(H,34,35,36). The Hall–Kier alpha value is -3.79. The summed E-state index contributed by atoms with van der Waals surface area (Å²) in [6, 6.07) is 19.8. The fraction of sp³-hybridized carbons (Fsp3) is 0.375. The van der Waals surface area contributed by atoms with E-state index >= 15 is 0 Å². The number of nitrogens with one attached hydrogen (secondary N) is 1. The molecule has 9 heteroatoms. The Balaban J connectivity index is 1.08. The van der Waals surface area contributed by atoms with Gasteiger partial charge in [0.2, 0.25) is 0 Å². The normalized spacial score (nSPS) is 19.3. The molecule has 2 unspecified atom stereocenters. The molecule has 214 valence electrons. The van der Waals surface area contributed by atoms with E-state index in [0.717, 1.165) is 55.8 Å². The smallest absolute Gasteiger partial charge is 0.162 e. The molecular weight excluding hydrogens is 521 g/mol. The van der Waals surface area contributed by atoms with Crippen LogP contribution in [-0.4, -0.2) is 72.5 Å². The van der Waals surface area contributed by atoms with Crippen molar-refractivity contribution in [3.05, 3.63) is 83.9 Å². The first-order valence-corrected chi connectivity index (χ1v) is 14.1. The van der Waals surface area contributed by atoms with Gasteiger partial charge in [-0.1, -0.05) is 30.3 Å². The van der Waals surface area contributed by atoms with Gasteiger partial charge in [-0.2, -0.15) is 0 Å². The Bertz CT molecular complexity index is 1490. The van der Waals surface area contributed by atoms with E-state index in [1.54, 1.807) is 26.2 Å². The van der Waals surface area contributed by atoms with Crippen molar-refractivity contribution in [3.8, 4) is 11.5 Å². The number of aromatic nitrogens is 2. The molecule has 6 rings (SSSR count). The van der Waals surface area contributed by atoms with Crippen LogP contribution in [-0.2, 0) is 11.3 Å². The van der Waals surface area contributed by atoms with E-state index in [2.05, 4.69) is 55.4 Å². The van der Waals surface area contributed by atoms with Gasteiger partial charge in [-0.05, 0) is 48.7 Å². The highest BCUT2D eigenvalue weighted by molar-refractivity contribution is 5.93. The summed E-state index contributed by atoms with van der Waals surface area (Å²) >= 11 is 0. The van der Waals surface area contributed by atoms with E-state index < -0.39 is 0 Å². The van der Waals surface area contributed by atoms with Gasteiger partial charge in [0.05, 0.1) is 32.6 Å². The minimum Gasteiger partial charge on any atom is -0.493 e. The quantitative estimate of drug-likeness (QED) is 0.260. The number of hydrogen-bond acceptors (Lipinski definition) is 8. The van der Waals surface area contributed by atoms with Crippen LogP contribution in [0.25, 0.3) is 10.9 Å². The highest BCUT2D eigenvalue weighted by Gasteiger charge is 2.39. The van der Waals surface area contributed by atoms with E-state index in [1.807, 2.05) is 12.1 Å². The Morgan fingerprint density at radius 2 is 1.93 bits per heavy atom. The second kappa shape index (κ2) is 12.4. The minimum atomic E-state index is -0.242. The average molecular weight is 558 g/mol. The maximum atomic E-state index is 13.8. The van der Waals surface area contributed by atoms with Crippen LogP contribution in [0.1, 0.15) is 17.5 Å². The number of hydrogen-bond donors (Lipinski definition) is 1. The van der Waals surface area contributed by atoms with Gasteiger partial charge in [0.25, 0.3) is 0 Å². The summed E-state index contributed by atoms with van der Waals surface area (Å²) in [5, 5.41) is 4.09. The number of nitrogens with zero attached hydrogens (tertiary/aromatic N) is 4. The summed E-state index contributed by atoms with van der Waals surface area (Å²) in [7, 11) is 1.63. The van der Waals surface area contributed by atoms with E-state index in [4.69, 9.17) is 14.2 Å². The first-order chi connectivity index (χ1) is 20.1. The van der Waals surface area contributed by atoms with Crippen LogP contribution in [0.15, 0.2) is 67.0 Å². The highest BCUT2D eigenvalue weighted by atomic mass is 19.1. The van der Waals surface area contributed by atoms with Gasteiger partial charge in [-0.3, -0.25) is 4.90 Å². The largest absolute Gasteiger partial charge is 0.493 e. The summed E-state index contributed by atoms with van der Waals surface area (Å²) in [6.07, 6.45) is 2.39. The molecule has 0 aliphatic carbocycles. The molecule has 4 aromatic rings. The van der Waals surface area contributed by atoms with Gasteiger partial charge in [0, 0.05) is 55.3 Å². The lowest BCUT2D eigenvalue weighted by Crippen LogP contribution is -2.47. The second-order valence-electron chi connectivity index (χ2n) is 10.9. The van der Waals surface area contributed by atoms with Crippen LogP contribution < -0.4 is 14.8 Å². The number of likely N-dealkylation sites (tertiary alicyclic amines) is 1. The maximum absolute atomic E-state index is 13.8. The molecule has 2 saturated heterocycles. The molecule has 2 aliphatic rings. The van der Waals surface area contributed by atoms with Crippen molar-refractivity contribution >= 4 is 22.4 Å². The SMILES string of the molecule is COc1cc2ncnc(Nc3ccc(F)c(C)c3)c2cc1OCCCN1CC2COCN(Cc3ccccc3)C2C1. The molecule has 0 saturated carbocycles. The third-order valence-electron chi connectivity index (χ3n) is 7.99. The molecule has 8 nitrogen and oxygen atoms in total. The topological polar surface area (TPSA) is 72.0 Å². The molecule has 0 bridgehead atoms. The van der Waals surface area contributed by atoms with Crippen LogP contribution in [0.3, 0.4) is 0 Å². The molecule has 0 amide bonds. The van der Waals surface area contributed by atoms with Crippen LogP contribution in [0.4, 0.5) is 15.9 Å². The predicted octanol–water partition coefficient (Wildman–Crippen LogP) is 5.39. The first-order valence-electron chi connectivity index (χ1n) is 14.1. The van der Waals surface area contributed by atoms with Crippen molar-refractivity contribution in [3.63, 3.8) is 0 Å². The highest BCUT2D eigenvalue weighted by Crippen LogP contribution is 2.35. The van der Waals surface area contributed by atoms with E-state index in [1.165, 1.54) is 18.0 Å². The number of rotatable bonds is 10. The number of aryl methyl sites for hydroxylation is 1. The van der Waals surface area contributed by atoms with E-state index in [-0.39, 0.29) is 5.82 Å². The number of anilines is 2. The fourth-order valence-electron chi connectivity index (χ4n) is 5.86. The molecule has 0 radical (unpaired) electrons. The molecule has 41 heavy (non-hydrogen) atoms. The van der Waals surface area contributed by atoms with Gasteiger partial charge in [-0.25, -0.2) is 14.4 Å². The van der Waals surface area contributed by atoms with Crippen molar-refractivity contribution in [2.75, 3.05) is 52.0 Å². The molecule has 2 atom stereocenters. The van der Waals surface area contributed by atoms with Gasteiger partial charge in [0.1, 0.15) is 18.0 Å². The van der Waals surface area contributed by atoms with Crippen molar-refractivity contribution < 1.29 is 18.6 Å². The third-order valence-corrected chi connectivity index (χ3v) is 7.99. The Kier molecular flexibility index (Phi) is 8.27. The summed E-state index contributed by atoms with van der Waals surface area (Å²) in [6.45, 7) is 7.79. The molecule has 3 aromatic carbocycles. The van der Waals surface area contributed by atoms with Crippen LogP contribution in [0.2, 0.25) is 0 Å². The monoisotopic (exact) mass is 557 g/mol. The van der Waals surface area contributed by atoms with Crippen molar-refractivity contribution in [2.45, 2.75) is 25.9 Å². The number of halogens is 1. The summed E-state index contributed by atoms with van der Waals surface area (Å²) in [5.41, 5.74) is 3.37. The lowest BCUT2D eigenvalue weighted by Gasteiger charge is -2.36. The zero-order chi connectivity index (χ0) is 28.2. The van der Waals surface area contributed by atoms with Crippen LogP contribution in [0, 0.1) is 18.7 Å². The van der Waals surface area contributed by atoms with Gasteiger partial charge >= 0.3 is 0 Å². The molecule has 2 aliphatic heterocycles. The molecule has 1 aromatic heterocycles. The van der Waals surface area contributed by atoms with Crippen LogP contribution >= 0.6 is 0 Å². The predicted molar refractivity (Wildman–Crippen MR) is 157 cm³/mol. The number of fused-ring (bicyclic) bond motifs is 2. The van der Waals surface area contributed by atoms with Gasteiger partial charge in [0.15, 0.2) is 11.5 Å². The fourth-order valence-corrected chi connectivity index (χ4v) is 5.86. The third kappa shape index (κ3) is 6.27. The number of benzene rings is 3. The van der Waals surface area contributed by atoms with E-state index in [0.29, 0.717) is 48.2 Å². The summed E-state index contributed by atoms with van der Waals surface area (Å²) in [4.78, 5) is 13.9. The maximum Gasteiger partial charge on any atom is 0.162 e. The Morgan fingerprint density at radius 1 is 1.05 bits per heavy atom. The Labute approximate surface area is 240 Å². The molecular formula is C32H36FN5O3. The summed E-state index contributed by atoms with van der Waals surface area (Å²) in [5.74, 6) is 2.18. The van der Waals surface area contributed by atoms with Gasteiger partial charge < -0.3 is 24.4 Å². The van der Waals surface area contributed by atoms with Crippen molar-refractivity contribution in [1.82, 2.24) is 19.8 Å². The van der Waals surface area contributed by atoms with Crippen molar-refractivity contribution in [1.29, 1.82) is 0 Å². The zero-order valence-corrected chi connectivity index (χ0v) is 23.6. The summed E-state index contributed by atoms with van der Waals surface area (Å²) < 4.78 is 31.6. The molecule has 3 heterocycles. The molecule has 2 fully saturated rings. The molecule has 1 N–H and O–H groups in total. The Morgan fingerprint density at radius 3 is 2.76 bits per heavy atom. The molecule has 0 spiro atoms. The number of ether oxygens (including phenoxy) is 3. The van der Waals surface area contributed by atoms with Gasteiger partial charge in [-0.15, -0.1) is 0 Å². The first kappa shape index (κ1) is 27.4. The van der Waals surface area contributed by atoms with E-state index in [9.17, 15) is 4.39 Å². The lowest BCUT2D eigenvalue weighted by atomic mass is 10.0. The second-order valence-corrected chi connectivity index (χ2v) is 10.9. The number of methoxy groups -OCH3 is 1. The average Bonchev–Trinajstić information content (AvgIpc) is 3.42. The zero-order valence-electron chi connectivity index (χ0n) is 23.6.